The molecular formula is C28H29ClFN3O5. The first kappa shape index (κ1) is 26.2. The number of fused-ring (bicyclic) bond motifs is 1. The number of carboxylic acid groups (broad SMARTS) is 1. The molecule has 38 heavy (non-hydrogen) atoms. The SMILES string of the molecule is CC(OC(=O)Nc1c(-c2ccc(C3(C)COC4(CC(=O)O)CC4C3)c(F)c2)cnn1C)c1ccc(Cl)cc1. The monoisotopic (exact) mass is 541 g/mol. The Hall–Kier alpha value is -3.43. The number of halogens is 2. The van der Waals surface area contributed by atoms with Crippen LogP contribution in [0.1, 0.15) is 50.3 Å². The summed E-state index contributed by atoms with van der Waals surface area (Å²) in [4.78, 5) is 23.9. The number of carboxylic acids is 1. The standard InChI is InChI=1S/C28H29ClFN3O5/c1-16(17-4-7-20(29)8-5-17)38-26(36)32-25-21(14-31-33(25)3)18-6-9-22(23(30)10-18)27(2)11-19-12-28(19,37-15-27)13-24(34)35/h4-10,14,16,19H,11-13,15H2,1-3H3,(H,32,36)(H,34,35). The van der Waals surface area contributed by atoms with E-state index in [1.807, 2.05) is 6.92 Å². The van der Waals surface area contributed by atoms with Crippen LogP contribution in [0.25, 0.3) is 11.1 Å². The van der Waals surface area contributed by atoms with Crippen LogP contribution in [0, 0.1) is 11.7 Å². The van der Waals surface area contributed by atoms with Gasteiger partial charge < -0.3 is 14.6 Å². The van der Waals surface area contributed by atoms with Gasteiger partial charge in [0.1, 0.15) is 17.7 Å². The topological polar surface area (TPSA) is 103 Å². The Balaban J connectivity index is 1.31. The van der Waals surface area contributed by atoms with Crippen LogP contribution in [0.2, 0.25) is 5.02 Å². The minimum Gasteiger partial charge on any atom is -0.481 e. The summed E-state index contributed by atoms with van der Waals surface area (Å²) in [6, 6.07) is 12.0. The lowest BCUT2D eigenvalue weighted by Crippen LogP contribution is -2.40. The molecule has 1 saturated carbocycles. The largest absolute Gasteiger partial charge is 0.481 e. The second-order valence-corrected chi connectivity index (χ2v) is 11.0. The van der Waals surface area contributed by atoms with Crippen LogP contribution in [0.3, 0.4) is 0 Å². The Morgan fingerprint density at radius 2 is 2.03 bits per heavy atom. The van der Waals surface area contributed by atoms with E-state index in [9.17, 15) is 14.7 Å². The van der Waals surface area contributed by atoms with E-state index >= 15 is 4.39 Å². The van der Waals surface area contributed by atoms with Gasteiger partial charge in [0.05, 0.1) is 24.8 Å². The van der Waals surface area contributed by atoms with Crippen molar-refractivity contribution in [3.05, 3.63) is 70.6 Å². The van der Waals surface area contributed by atoms with E-state index in [2.05, 4.69) is 10.4 Å². The van der Waals surface area contributed by atoms with Crippen LogP contribution in [-0.4, -0.2) is 39.2 Å². The highest BCUT2D eigenvalue weighted by atomic mass is 35.5. The second-order valence-electron chi connectivity index (χ2n) is 10.5. The van der Waals surface area contributed by atoms with Crippen molar-refractivity contribution in [2.75, 3.05) is 11.9 Å². The molecule has 4 unspecified atom stereocenters. The minimum absolute atomic E-state index is 0.0210. The molecule has 8 nitrogen and oxygen atoms in total. The number of aliphatic carboxylic acids is 1. The number of ether oxygens (including phenoxy) is 2. The third-order valence-electron chi connectivity index (χ3n) is 7.71. The molecule has 2 N–H and O–H groups in total. The van der Waals surface area contributed by atoms with E-state index in [1.54, 1.807) is 56.6 Å². The van der Waals surface area contributed by atoms with Gasteiger partial charge in [0, 0.05) is 23.0 Å². The Kier molecular flexibility index (Phi) is 6.69. The van der Waals surface area contributed by atoms with Gasteiger partial charge in [-0.2, -0.15) is 5.10 Å². The molecule has 3 aromatic rings. The maximum atomic E-state index is 15.5. The molecule has 4 atom stereocenters. The number of aromatic nitrogens is 2. The zero-order valence-corrected chi connectivity index (χ0v) is 22.1. The lowest BCUT2D eigenvalue weighted by Gasteiger charge is -2.37. The molecule has 1 aliphatic carbocycles. The number of hydrogen-bond acceptors (Lipinski definition) is 5. The fourth-order valence-electron chi connectivity index (χ4n) is 5.47. The van der Waals surface area contributed by atoms with Crippen molar-refractivity contribution in [3.63, 3.8) is 0 Å². The predicted molar refractivity (Wildman–Crippen MR) is 140 cm³/mol. The van der Waals surface area contributed by atoms with E-state index in [1.165, 1.54) is 10.7 Å². The number of amides is 1. The van der Waals surface area contributed by atoms with E-state index in [4.69, 9.17) is 21.1 Å². The molecule has 1 aliphatic heterocycles. The molecule has 1 amide bonds. The van der Waals surface area contributed by atoms with Crippen LogP contribution in [0.5, 0.6) is 0 Å². The molecule has 10 heteroatoms. The van der Waals surface area contributed by atoms with Crippen LogP contribution in [0.4, 0.5) is 15.0 Å². The number of rotatable bonds is 7. The molecule has 0 bridgehead atoms. The number of carbonyl (C=O) groups excluding carboxylic acids is 1. The van der Waals surface area contributed by atoms with Gasteiger partial charge in [-0.1, -0.05) is 42.8 Å². The molecule has 0 spiro atoms. The first-order chi connectivity index (χ1) is 18.0. The maximum Gasteiger partial charge on any atom is 0.413 e. The summed E-state index contributed by atoms with van der Waals surface area (Å²) in [5.41, 5.74) is 1.24. The van der Waals surface area contributed by atoms with E-state index in [0.717, 1.165) is 5.56 Å². The average Bonchev–Trinajstić information content (AvgIpc) is 3.42. The molecule has 0 radical (unpaired) electrons. The molecular weight excluding hydrogens is 513 g/mol. The van der Waals surface area contributed by atoms with Crippen LogP contribution in [0.15, 0.2) is 48.7 Å². The minimum atomic E-state index is -0.879. The molecule has 200 valence electrons. The molecule has 2 aromatic carbocycles. The summed E-state index contributed by atoms with van der Waals surface area (Å²) < 4.78 is 28.5. The fourth-order valence-corrected chi connectivity index (χ4v) is 5.59. The van der Waals surface area contributed by atoms with Crippen molar-refractivity contribution in [2.24, 2.45) is 13.0 Å². The maximum absolute atomic E-state index is 15.5. The van der Waals surface area contributed by atoms with Crippen molar-refractivity contribution in [3.8, 4) is 11.1 Å². The lowest BCUT2D eigenvalue weighted by atomic mass is 9.76. The summed E-state index contributed by atoms with van der Waals surface area (Å²) in [6.07, 6.45) is 1.70. The smallest absolute Gasteiger partial charge is 0.413 e. The highest BCUT2D eigenvalue weighted by molar-refractivity contribution is 6.30. The first-order valence-corrected chi connectivity index (χ1v) is 12.8. The van der Waals surface area contributed by atoms with Gasteiger partial charge >= 0.3 is 12.1 Å². The zero-order valence-electron chi connectivity index (χ0n) is 21.3. The molecule has 5 rings (SSSR count). The number of hydrogen-bond donors (Lipinski definition) is 2. The van der Waals surface area contributed by atoms with E-state index in [0.29, 0.717) is 40.4 Å². The number of benzene rings is 2. The van der Waals surface area contributed by atoms with Crippen molar-refractivity contribution in [1.82, 2.24) is 9.78 Å². The van der Waals surface area contributed by atoms with Gasteiger partial charge in [0.15, 0.2) is 0 Å². The van der Waals surface area contributed by atoms with Crippen molar-refractivity contribution in [1.29, 1.82) is 0 Å². The predicted octanol–water partition coefficient (Wildman–Crippen LogP) is 6.10. The highest BCUT2D eigenvalue weighted by Gasteiger charge is 2.62. The van der Waals surface area contributed by atoms with Crippen LogP contribution < -0.4 is 5.32 Å². The third-order valence-corrected chi connectivity index (χ3v) is 7.97. The first-order valence-electron chi connectivity index (χ1n) is 12.4. The van der Waals surface area contributed by atoms with Gasteiger partial charge in [-0.25, -0.2) is 9.18 Å². The van der Waals surface area contributed by atoms with E-state index < -0.39 is 35.0 Å². The van der Waals surface area contributed by atoms with Gasteiger partial charge in [-0.15, -0.1) is 0 Å². The summed E-state index contributed by atoms with van der Waals surface area (Å²) >= 11 is 5.93. The van der Waals surface area contributed by atoms with E-state index in [-0.39, 0.29) is 18.9 Å². The van der Waals surface area contributed by atoms with Crippen LogP contribution >= 0.6 is 11.6 Å². The van der Waals surface area contributed by atoms with Crippen molar-refractivity contribution >= 4 is 29.5 Å². The molecule has 2 fully saturated rings. The quantitative estimate of drug-likeness (QED) is 0.374. The lowest BCUT2D eigenvalue weighted by molar-refractivity contribution is -0.143. The third kappa shape index (κ3) is 5.00. The summed E-state index contributed by atoms with van der Waals surface area (Å²) in [6.45, 7) is 3.96. The Bertz CT molecular complexity index is 1390. The van der Waals surface area contributed by atoms with Crippen molar-refractivity contribution in [2.45, 2.75) is 50.2 Å². The van der Waals surface area contributed by atoms with Gasteiger partial charge in [-0.3, -0.25) is 14.8 Å². The summed E-state index contributed by atoms with van der Waals surface area (Å²) in [5.74, 6) is -0.800. The van der Waals surface area contributed by atoms with Crippen molar-refractivity contribution < 1.29 is 28.6 Å². The Morgan fingerprint density at radius 1 is 1.29 bits per heavy atom. The summed E-state index contributed by atoms with van der Waals surface area (Å²) in [7, 11) is 1.67. The number of nitrogens with one attached hydrogen (secondary N) is 1. The highest BCUT2D eigenvalue weighted by Crippen LogP contribution is 2.59. The molecule has 2 aliphatic rings. The zero-order chi connectivity index (χ0) is 27.2. The number of nitrogens with zero attached hydrogens (tertiary/aromatic N) is 2. The summed E-state index contributed by atoms with van der Waals surface area (Å²) in [5, 5.41) is 16.7. The van der Waals surface area contributed by atoms with Gasteiger partial charge in [-0.05, 0) is 60.6 Å². The molecule has 1 aromatic heterocycles. The fraction of sp³-hybridized carbons (Fsp3) is 0.393. The second kappa shape index (κ2) is 9.71. The molecule has 2 heterocycles. The normalized spacial score (nSPS) is 24.8. The Morgan fingerprint density at radius 3 is 2.68 bits per heavy atom. The average molecular weight is 542 g/mol. The van der Waals surface area contributed by atoms with Gasteiger partial charge in [0.25, 0.3) is 0 Å². The Labute approximate surface area is 224 Å². The van der Waals surface area contributed by atoms with Crippen LogP contribution in [-0.2, 0) is 26.7 Å². The number of carbonyl (C=O) groups is 2. The number of aryl methyl sites for hydroxylation is 1. The van der Waals surface area contributed by atoms with Gasteiger partial charge in [0.2, 0.25) is 0 Å². The number of anilines is 1. The molecule has 1 saturated heterocycles.